The van der Waals surface area contributed by atoms with Crippen LogP contribution in [0.3, 0.4) is 0 Å². The van der Waals surface area contributed by atoms with Crippen LogP contribution in [0.15, 0.2) is 42.7 Å². The molecule has 0 fully saturated rings. The summed E-state index contributed by atoms with van der Waals surface area (Å²) in [6.45, 7) is 5.77. The van der Waals surface area contributed by atoms with Crippen LogP contribution in [-0.4, -0.2) is 69.2 Å². The average Bonchev–Trinajstić information content (AvgIpc) is 3.10. The average molecular weight is 396 g/mol. The molecule has 3 aromatic rings. The number of likely N-dealkylation sites (N-methyl/N-ethyl adjacent to an activating group) is 2. The molecule has 0 N–H and O–H groups in total. The second-order valence-corrected chi connectivity index (χ2v) is 6.97. The first-order chi connectivity index (χ1) is 13.9. The maximum absolute atomic E-state index is 14.1. The molecule has 29 heavy (non-hydrogen) atoms. The van der Waals surface area contributed by atoms with Crippen molar-refractivity contribution in [2.45, 2.75) is 13.8 Å². The molecule has 3 rings (SSSR count). The van der Waals surface area contributed by atoms with Crippen LogP contribution in [0.4, 0.5) is 4.39 Å². The van der Waals surface area contributed by atoms with E-state index in [2.05, 4.69) is 15.1 Å². The SMILES string of the molecule is CCN(CCN(C)C)C(=O)c1cnn(-c2nccc(-c3ccccc3F)n2)c1C. The molecule has 0 aliphatic carbocycles. The van der Waals surface area contributed by atoms with Gasteiger partial charge in [0.2, 0.25) is 0 Å². The van der Waals surface area contributed by atoms with Crippen molar-refractivity contribution in [1.82, 2.24) is 29.5 Å². The third-order valence-electron chi connectivity index (χ3n) is 4.71. The van der Waals surface area contributed by atoms with Crippen LogP contribution in [-0.2, 0) is 0 Å². The van der Waals surface area contributed by atoms with E-state index < -0.39 is 0 Å². The van der Waals surface area contributed by atoms with E-state index in [1.54, 1.807) is 42.3 Å². The Morgan fingerprint density at radius 3 is 2.62 bits per heavy atom. The number of hydrogen-bond donors (Lipinski definition) is 0. The molecule has 0 radical (unpaired) electrons. The second-order valence-electron chi connectivity index (χ2n) is 6.97. The zero-order valence-corrected chi connectivity index (χ0v) is 17.1. The quantitative estimate of drug-likeness (QED) is 0.614. The van der Waals surface area contributed by atoms with Gasteiger partial charge in [0.05, 0.1) is 23.1 Å². The number of halogens is 1. The Hall–Kier alpha value is -3.13. The molecule has 0 aliphatic rings. The number of nitrogens with zero attached hydrogens (tertiary/aromatic N) is 6. The van der Waals surface area contributed by atoms with E-state index in [1.165, 1.54) is 16.9 Å². The van der Waals surface area contributed by atoms with Crippen molar-refractivity contribution in [3.05, 3.63) is 59.8 Å². The van der Waals surface area contributed by atoms with E-state index in [0.29, 0.717) is 41.6 Å². The minimum atomic E-state index is -0.357. The standard InChI is InChI=1S/C21H25FN6O/c1-5-27(13-12-26(3)4)20(29)17-14-24-28(15(17)2)21-23-11-10-19(25-21)16-8-6-7-9-18(16)22/h6-11,14H,5,12-13H2,1-4H3. The van der Waals surface area contributed by atoms with Crippen molar-refractivity contribution >= 4 is 5.91 Å². The molecule has 0 spiro atoms. The fraction of sp³-hybridized carbons (Fsp3) is 0.333. The predicted octanol–water partition coefficient (Wildman–Crippen LogP) is 2.80. The van der Waals surface area contributed by atoms with Gasteiger partial charge < -0.3 is 9.80 Å². The van der Waals surface area contributed by atoms with Crippen molar-refractivity contribution in [1.29, 1.82) is 0 Å². The molecule has 0 unspecified atom stereocenters. The molecule has 0 saturated carbocycles. The summed E-state index contributed by atoms with van der Waals surface area (Å²) in [5.74, 6) is -0.147. The van der Waals surface area contributed by atoms with Crippen LogP contribution in [0.25, 0.3) is 17.2 Å². The zero-order chi connectivity index (χ0) is 21.0. The first kappa shape index (κ1) is 20.6. The Kier molecular flexibility index (Phi) is 6.33. The van der Waals surface area contributed by atoms with Crippen molar-refractivity contribution in [2.24, 2.45) is 0 Å². The summed E-state index contributed by atoms with van der Waals surface area (Å²) in [5, 5.41) is 4.32. The molecule has 2 aromatic heterocycles. The minimum absolute atomic E-state index is 0.0802. The predicted molar refractivity (Wildman–Crippen MR) is 109 cm³/mol. The van der Waals surface area contributed by atoms with Crippen LogP contribution in [0.2, 0.25) is 0 Å². The summed E-state index contributed by atoms with van der Waals surface area (Å²) < 4.78 is 15.6. The first-order valence-corrected chi connectivity index (χ1v) is 9.49. The van der Waals surface area contributed by atoms with Crippen molar-refractivity contribution in [3.8, 4) is 17.2 Å². The van der Waals surface area contributed by atoms with Gasteiger partial charge in [0.1, 0.15) is 5.82 Å². The van der Waals surface area contributed by atoms with Gasteiger partial charge in [-0.2, -0.15) is 5.10 Å². The van der Waals surface area contributed by atoms with Crippen molar-refractivity contribution in [3.63, 3.8) is 0 Å². The van der Waals surface area contributed by atoms with E-state index in [-0.39, 0.29) is 11.7 Å². The molecule has 1 aromatic carbocycles. The van der Waals surface area contributed by atoms with E-state index in [0.717, 1.165) is 6.54 Å². The Balaban J connectivity index is 1.91. The molecule has 2 heterocycles. The Labute approximate surface area is 169 Å². The topological polar surface area (TPSA) is 67.2 Å². The summed E-state index contributed by atoms with van der Waals surface area (Å²) >= 11 is 0. The van der Waals surface area contributed by atoms with Crippen LogP contribution in [0, 0.1) is 12.7 Å². The van der Waals surface area contributed by atoms with Crippen molar-refractivity contribution in [2.75, 3.05) is 33.7 Å². The van der Waals surface area contributed by atoms with E-state index in [4.69, 9.17) is 0 Å². The number of rotatable bonds is 7. The lowest BCUT2D eigenvalue weighted by Gasteiger charge is -2.22. The van der Waals surface area contributed by atoms with E-state index in [9.17, 15) is 9.18 Å². The summed E-state index contributed by atoms with van der Waals surface area (Å²) in [4.78, 5) is 25.5. The zero-order valence-electron chi connectivity index (χ0n) is 17.1. The monoisotopic (exact) mass is 396 g/mol. The van der Waals surface area contributed by atoms with Crippen molar-refractivity contribution < 1.29 is 9.18 Å². The lowest BCUT2D eigenvalue weighted by molar-refractivity contribution is 0.0753. The molecule has 0 bridgehead atoms. The van der Waals surface area contributed by atoms with Crippen LogP contribution in [0.5, 0.6) is 0 Å². The van der Waals surface area contributed by atoms with Gasteiger partial charge in [-0.1, -0.05) is 12.1 Å². The maximum atomic E-state index is 14.1. The van der Waals surface area contributed by atoms with Gasteiger partial charge in [-0.05, 0) is 46.1 Å². The molecular formula is C21H25FN6O. The number of aromatic nitrogens is 4. The summed E-state index contributed by atoms with van der Waals surface area (Å²) in [6.07, 6.45) is 3.09. The minimum Gasteiger partial charge on any atom is -0.338 e. The van der Waals surface area contributed by atoms with Crippen LogP contribution in [0.1, 0.15) is 23.0 Å². The van der Waals surface area contributed by atoms with Gasteiger partial charge in [0, 0.05) is 31.4 Å². The smallest absolute Gasteiger partial charge is 0.257 e. The highest BCUT2D eigenvalue weighted by Gasteiger charge is 2.21. The summed E-state index contributed by atoms with van der Waals surface area (Å²) in [5.41, 5.74) is 1.99. The molecule has 0 saturated heterocycles. The van der Waals surface area contributed by atoms with Gasteiger partial charge >= 0.3 is 0 Å². The lowest BCUT2D eigenvalue weighted by atomic mass is 10.1. The molecule has 8 heteroatoms. The highest BCUT2D eigenvalue weighted by Crippen LogP contribution is 2.21. The van der Waals surface area contributed by atoms with E-state index in [1.807, 2.05) is 25.9 Å². The number of amides is 1. The highest BCUT2D eigenvalue weighted by atomic mass is 19.1. The molecule has 7 nitrogen and oxygen atoms in total. The van der Waals surface area contributed by atoms with E-state index >= 15 is 0 Å². The second kappa shape index (κ2) is 8.91. The number of carbonyl (C=O) groups excluding carboxylic acids is 1. The van der Waals surface area contributed by atoms with Gasteiger partial charge in [-0.3, -0.25) is 4.79 Å². The Bertz CT molecular complexity index is 1000. The fourth-order valence-electron chi connectivity index (χ4n) is 2.98. The molecule has 0 atom stereocenters. The molecule has 152 valence electrons. The number of hydrogen-bond acceptors (Lipinski definition) is 5. The Morgan fingerprint density at radius 2 is 1.93 bits per heavy atom. The molecular weight excluding hydrogens is 371 g/mol. The molecule has 1 amide bonds. The maximum Gasteiger partial charge on any atom is 0.257 e. The largest absolute Gasteiger partial charge is 0.338 e. The summed E-state index contributed by atoms with van der Waals surface area (Å²) in [6, 6.07) is 8.08. The summed E-state index contributed by atoms with van der Waals surface area (Å²) in [7, 11) is 3.95. The highest BCUT2D eigenvalue weighted by molar-refractivity contribution is 5.95. The van der Waals surface area contributed by atoms with Crippen LogP contribution < -0.4 is 0 Å². The molecule has 0 aliphatic heterocycles. The van der Waals surface area contributed by atoms with Gasteiger partial charge in [-0.25, -0.2) is 19.0 Å². The fourth-order valence-corrected chi connectivity index (χ4v) is 2.98. The third kappa shape index (κ3) is 4.48. The van der Waals surface area contributed by atoms with Gasteiger partial charge in [0.15, 0.2) is 0 Å². The lowest BCUT2D eigenvalue weighted by Crippen LogP contribution is -2.36. The first-order valence-electron chi connectivity index (χ1n) is 9.49. The third-order valence-corrected chi connectivity index (χ3v) is 4.71. The Morgan fingerprint density at radius 1 is 1.17 bits per heavy atom. The number of carbonyl (C=O) groups is 1. The van der Waals surface area contributed by atoms with Crippen LogP contribution >= 0.6 is 0 Å². The normalized spacial score (nSPS) is 11.1. The van der Waals surface area contributed by atoms with Gasteiger partial charge in [0.25, 0.3) is 11.9 Å². The van der Waals surface area contributed by atoms with Gasteiger partial charge in [-0.15, -0.1) is 0 Å². The number of benzene rings is 1.